The second-order valence-corrected chi connectivity index (χ2v) is 3.92. The lowest BCUT2D eigenvalue weighted by atomic mass is 10.1. The van der Waals surface area contributed by atoms with E-state index in [1.165, 1.54) is 19.3 Å². The van der Waals surface area contributed by atoms with Gasteiger partial charge in [-0.05, 0) is 26.2 Å². The van der Waals surface area contributed by atoms with E-state index in [9.17, 15) is 4.79 Å². The highest BCUT2D eigenvalue weighted by Crippen LogP contribution is 2.09. The van der Waals surface area contributed by atoms with E-state index in [1.807, 2.05) is 13.8 Å². The minimum Gasteiger partial charge on any atom is -0.299 e. The first-order valence-electron chi connectivity index (χ1n) is 5.53. The maximum absolute atomic E-state index is 11.2. The summed E-state index contributed by atoms with van der Waals surface area (Å²) >= 11 is 0. The second-order valence-electron chi connectivity index (χ2n) is 3.92. The summed E-state index contributed by atoms with van der Waals surface area (Å²) in [6, 6.07) is 0. The van der Waals surface area contributed by atoms with Crippen molar-refractivity contribution in [1.82, 2.24) is 5.01 Å². The van der Waals surface area contributed by atoms with Gasteiger partial charge in [-0.3, -0.25) is 9.80 Å². The number of hydrogen-bond donors (Lipinski definition) is 0. The number of piperidine rings is 1. The predicted octanol–water partition coefficient (Wildman–Crippen LogP) is 2.22. The fraction of sp³-hybridized carbons (Fsp3) is 0.818. The number of hydrogen-bond acceptors (Lipinski definition) is 3. The van der Waals surface area contributed by atoms with E-state index >= 15 is 0 Å². The van der Waals surface area contributed by atoms with Crippen molar-refractivity contribution >= 4 is 11.5 Å². The standard InChI is InChI=1S/C11H20N2O/c1-3-11(14)9-10(2)12-13-7-5-4-6-8-13/h3-9H2,1-2H3/b12-10+. The average molecular weight is 196 g/mol. The number of Topliss-reactive ketones (excluding diaryl/α,β-unsaturated/α-hetero) is 1. The number of ketones is 1. The molecule has 1 aliphatic rings. The van der Waals surface area contributed by atoms with E-state index in [0.29, 0.717) is 12.8 Å². The monoisotopic (exact) mass is 196 g/mol. The normalized spacial score (nSPS) is 18.4. The smallest absolute Gasteiger partial charge is 0.138 e. The van der Waals surface area contributed by atoms with Gasteiger partial charge in [-0.1, -0.05) is 6.92 Å². The average Bonchev–Trinajstić information content (AvgIpc) is 2.19. The first kappa shape index (κ1) is 11.2. The third kappa shape index (κ3) is 3.90. The lowest BCUT2D eigenvalue weighted by Gasteiger charge is -2.24. The summed E-state index contributed by atoms with van der Waals surface area (Å²) < 4.78 is 0. The zero-order valence-electron chi connectivity index (χ0n) is 9.25. The van der Waals surface area contributed by atoms with Gasteiger partial charge in [0.05, 0.1) is 0 Å². The Labute approximate surface area is 86.2 Å². The van der Waals surface area contributed by atoms with Crippen molar-refractivity contribution in [2.24, 2.45) is 5.10 Å². The Hall–Kier alpha value is -0.860. The van der Waals surface area contributed by atoms with Gasteiger partial charge >= 0.3 is 0 Å². The molecule has 0 spiro atoms. The van der Waals surface area contributed by atoms with E-state index in [0.717, 1.165) is 18.8 Å². The molecule has 0 aliphatic carbocycles. The Balaban J connectivity index is 2.37. The Kier molecular flexibility index (Phi) is 4.63. The zero-order chi connectivity index (χ0) is 10.4. The Morgan fingerprint density at radius 1 is 1.29 bits per heavy atom. The van der Waals surface area contributed by atoms with Crippen LogP contribution in [0.4, 0.5) is 0 Å². The molecule has 1 fully saturated rings. The van der Waals surface area contributed by atoms with E-state index < -0.39 is 0 Å². The second kappa shape index (κ2) is 5.78. The quantitative estimate of drug-likeness (QED) is 0.646. The SMILES string of the molecule is CCC(=O)C/C(C)=N/N1CCCCC1. The maximum Gasteiger partial charge on any atom is 0.138 e. The van der Waals surface area contributed by atoms with Crippen LogP contribution in [-0.2, 0) is 4.79 Å². The van der Waals surface area contributed by atoms with Crippen LogP contribution < -0.4 is 0 Å². The molecule has 0 unspecified atom stereocenters. The summed E-state index contributed by atoms with van der Waals surface area (Å²) in [6.45, 7) is 5.95. The summed E-state index contributed by atoms with van der Waals surface area (Å²) in [4.78, 5) is 11.2. The minimum absolute atomic E-state index is 0.281. The lowest BCUT2D eigenvalue weighted by molar-refractivity contribution is -0.117. The van der Waals surface area contributed by atoms with Gasteiger partial charge in [0.2, 0.25) is 0 Å². The van der Waals surface area contributed by atoms with Gasteiger partial charge < -0.3 is 0 Å². The molecule has 1 heterocycles. The third-order valence-corrected chi connectivity index (χ3v) is 2.49. The van der Waals surface area contributed by atoms with Crippen LogP contribution in [0.3, 0.4) is 0 Å². The molecule has 0 atom stereocenters. The highest BCUT2D eigenvalue weighted by Gasteiger charge is 2.08. The molecule has 0 amide bonds. The molecule has 0 N–H and O–H groups in total. The first-order valence-corrected chi connectivity index (χ1v) is 5.53. The van der Waals surface area contributed by atoms with Crippen LogP contribution in [0.25, 0.3) is 0 Å². The van der Waals surface area contributed by atoms with Crippen LogP contribution in [0.2, 0.25) is 0 Å². The lowest BCUT2D eigenvalue weighted by Crippen LogP contribution is -2.26. The van der Waals surface area contributed by atoms with Crippen LogP contribution in [0.15, 0.2) is 5.10 Å². The molecule has 1 rings (SSSR count). The summed E-state index contributed by atoms with van der Waals surface area (Å²) in [7, 11) is 0. The van der Waals surface area contributed by atoms with Crippen molar-refractivity contribution in [3.05, 3.63) is 0 Å². The van der Waals surface area contributed by atoms with Crippen LogP contribution in [-0.4, -0.2) is 29.6 Å². The number of carbonyl (C=O) groups excluding carboxylic acids is 1. The fourth-order valence-electron chi connectivity index (χ4n) is 1.66. The Bertz CT molecular complexity index is 217. The molecule has 1 saturated heterocycles. The summed E-state index contributed by atoms with van der Waals surface area (Å²) in [5.74, 6) is 0.281. The fourth-order valence-corrected chi connectivity index (χ4v) is 1.66. The molecule has 0 aromatic rings. The third-order valence-electron chi connectivity index (χ3n) is 2.49. The van der Waals surface area contributed by atoms with Gasteiger partial charge in [0.25, 0.3) is 0 Å². The summed E-state index contributed by atoms with van der Waals surface area (Å²) in [5.41, 5.74) is 0.957. The molecule has 1 aliphatic heterocycles. The number of hydrazone groups is 1. The van der Waals surface area contributed by atoms with Crippen molar-refractivity contribution in [2.75, 3.05) is 13.1 Å². The van der Waals surface area contributed by atoms with Gasteiger partial charge in [0.15, 0.2) is 0 Å². The van der Waals surface area contributed by atoms with E-state index in [-0.39, 0.29) is 5.78 Å². The molecule has 0 aromatic heterocycles. The van der Waals surface area contributed by atoms with E-state index in [2.05, 4.69) is 10.1 Å². The van der Waals surface area contributed by atoms with Crippen LogP contribution in [0.1, 0.15) is 46.0 Å². The molecular formula is C11H20N2O. The summed E-state index contributed by atoms with van der Waals surface area (Å²) in [5, 5.41) is 6.55. The topological polar surface area (TPSA) is 32.7 Å². The molecule has 3 heteroatoms. The minimum atomic E-state index is 0.281. The highest BCUT2D eigenvalue weighted by atomic mass is 16.1. The first-order chi connectivity index (χ1) is 6.72. The van der Waals surface area contributed by atoms with Crippen molar-refractivity contribution in [3.63, 3.8) is 0 Å². The van der Waals surface area contributed by atoms with Gasteiger partial charge in [-0.15, -0.1) is 0 Å². The number of rotatable bonds is 4. The molecule has 0 aromatic carbocycles. The van der Waals surface area contributed by atoms with Crippen molar-refractivity contribution in [2.45, 2.75) is 46.0 Å². The van der Waals surface area contributed by atoms with E-state index in [4.69, 9.17) is 0 Å². The molecule has 3 nitrogen and oxygen atoms in total. The highest BCUT2D eigenvalue weighted by molar-refractivity contribution is 6.00. The largest absolute Gasteiger partial charge is 0.299 e. The van der Waals surface area contributed by atoms with Gasteiger partial charge in [0, 0.05) is 31.6 Å². The van der Waals surface area contributed by atoms with Crippen molar-refractivity contribution < 1.29 is 4.79 Å². The molecule has 0 radical (unpaired) electrons. The van der Waals surface area contributed by atoms with Crippen LogP contribution in [0.5, 0.6) is 0 Å². The Morgan fingerprint density at radius 2 is 1.93 bits per heavy atom. The summed E-state index contributed by atoms with van der Waals surface area (Å²) in [6.07, 6.45) is 4.93. The molecule has 0 saturated carbocycles. The number of carbonyl (C=O) groups is 1. The van der Waals surface area contributed by atoms with Crippen LogP contribution >= 0.6 is 0 Å². The predicted molar refractivity (Wildman–Crippen MR) is 58.4 cm³/mol. The van der Waals surface area contributed by atoms with Gasteiger partial charge in [-0.25, -0.2) is 0 Å². The molecule has 0 bridgehead atoms. The number of nitrogens with zero attached hydrogens (tertiary/aromatic N) is 2. The van der Waals surface area contributed by atoms with Crippen LogP contribution in [0, 0.1) is 0 Å². The molecular weight excluding hydrogens is 176 g/mol. The van der Waals surface area contributed by atoms with Crippen molar-refractivity contribution in [1.29, 1.82) is 0 Å². The zero-order valence-corrected chi connectivity index (χ0v) is 9.25. The van der Waals surface area contributed by atoms with Gasteiger partial charge in [-0.2, -0.15) is 5.10 Å². The van der Waals surface area contributed by atoms with Crippen molar-refractivity contribution in [3.8, 4) is 0 Å². The van der Waals surface area contributed by atoms with E-state index in [1.54, 1.807) is 0 Å². The molecule has 80 valence electrons. The van der Waals surface area contributed by atoms with Gasteiger partial charge in [0.1, 0.15) is 5.78 Å². The maximum atomic E-state index is 11.2. The molecule has 14 heavy (non-hydrogen) atoms. The Morgan fingerprint density at radius 3 is 2.50 bits per heavy atom.